The molecule has 2 aliphatic heterocycles. The van der Waals surface area contributed by atoms with E-state index in [1.807, 2.05) is 20.8 Å². The molecule has 2 aliphatic rings. The smallest absolute Gasteiger partial charge is 0.407 e. The van der Waals surface area contributed by atoms with Crippen LogP contribution in [-0.4, -0.2) is 44.0 Å². The third-order valence-corrected chi connectivity index (χ3v) is 3.82. The van der Waals surface area contributed by atoms with Crippen LogP contribution in [0.25, 0.3) is 0 Å². The Morgan fingerprint density at radius 1 is 1.42 bits per heavy atom. The molecule has 0 aromatic heterocycles. The first-order chi connectivity index (χ1) is 8.89. The zero-order valence-electron chi connectivity index (χ0n) is 12.3. The van der Waals surface area contributed by atoms with Crippen LogP contribution in [0.3, 0.4) is 0 Å². The molecule has 2 heterocycles. The van der Waals surface area contributed by atoms with Gasteiger partial charge >= 0.3 is 6.09 Å². The second-order valence-electron chi connectivity index (χ2n) is 6.77. The number of hydrogen-bond donors (Lipinski definition) is 2. The van der Waals surface area contributed by atoms with E-state index < -0.39 is 5.60 Å². The molecule has 0 unspecified atom stereocenters. The molecule has 1 atom stereocenters. The van der Waals surface area contributed by atoms with Crippen LogP contribution in [0.15, 0.2) is 0 Å². The Kier molecular flexibility index (Phi) is 4.36. The van der Waals surface area contributed by atoms with Crippen molar-refractivity contribution in [2.45, 2.75) is 51.7 Å². The fourth-order valence-electron chi connectivity index (χ4n) is 2.84. The van der Waals surface area contributed by atoms with Crippen molar-refractivity contribution in [1.82, 2.24) is 10.6 Å². The number of ether oxygens (including phenoxy) is 2. The molecule has 2 fully saturated rings. The van der Waals surface area contributed by atoms with Crippen molar-refractivity contribution in [3.63, 3.8) is 0 Å². The molecule has 1 amide bonds. The number of hydrogen-bond acceptors (Lipinski definition) is 4. The van der Waals surface area contributed by atoms with E-state index >= 15 is 0 Å². The fourth-order valence-corrected chi connectivity index (χ4v) is 2.84. The maximum absolute atomic E-state index is 11.6. The monoisotopic (exact) mass is 270 g/mol. The molecule has 0 aliphatic carbocycles. The summed E-state index contributed by atoms with van der Waals surface area (Å²) >= 11 is 0. The van der Waals surface area contributed by atoms with E-state index in [1.54, 1.807) is 0 Å². The largest absolute Gasteiger partial charge is 0.444 e. The van der Waals surface area contributed by atoms with E-state index in [2.05, 4.69) is 10.6 Å². The normalized spacial score (nSPS) is 26.4. The number of rotatable bonds is 2. The van der Waals surface area contributed by atoms with Crippen LogP contribution in [0.5, 0.6) is 0 Å². The Bertz CT molecular complexity index is 319. The average molecular weight is 270 g/mol. The van der Waals surface area contributed by atoms with Gasteiger partial charge in [0.2, 0.25) is 0 Å². The molecular weight excluding hydrogens is 244 g/mol. The van der Waals surface area contributed by atoms with E-state index in [4.69, 9.17) is 9.47 Å². The molecule has 0 bridgehead atoms. The molecule has 2 saturated heterocycles. The lowest BCUT2D eigenvalue weighted by atomic mass is 9.77. The third kappa shape index (κ3) is 4.35. The maximum atomic E-state index is 11.6. The molecule has 0 saturated carbocycles. The topological polar surface area (TPSA) is 59.6 Å². The van der Waals surface area contributed by atoms with E-state index in [1.165, 1.54) is 12.8 Å². The first kappa shape index (κ1) is 14.6. The number of piperidine rings is 1. The highest BCUT2D eigenvalue weighted by Crippen LogP contribution is 2.40. The van der Waals surface area contributed by atoms with Crippen molar-refractivity contribution in [1.29, 1.82) is 0 Å². The summed E-state index contributed by atoms with van der Waals surface area (Å²) in [5.74, 6) is 0. The van der Waals surface area contributed by atoms with Gasteiger partial charge in [0, 0.05) is 6.54 Å². The molecule has 5 heteroatoms. The zero-order chi connectivity index (χ0) is 13.9. The van der Waals surface area contributed by atoms with Crippen molar-refractivity contribution in [3.8, 4) is 0 Å². The molecule has 110 valence electrons. The minimum atomic E-state index is -0.448. The molecule has 2 rings (SSSR count). The number of amides is 1. The summed E-state index contributed by atoms with van der Waals surface area (Å²) < 4.78 is 11.0. The Labute approximate surface area is 115 Å². The summed E-state index contributed by atoms with van der Waals surface area (Å²) in [7, 11) is 0. The Morgan fingerprint density at radius 2 is 2.11 bits per heavy atom. The number of carbonyl (C=O) groups is 1. The van der Waals surface area contributed by atoms with Gasteiger partial charge in [-0.2, -0.15) is 0 Å². The van der Waals surface area contributed by atoms with Gasteiger partial charge in [-0.25, -0.2) is 4.79 Å². The molecule has 5 nitrogen and oxygen atoms in total. The van der Waals surface area contributed by atoms with Crippen LogP contribution in [-0.2, 0) is 9.47 Å². The summed E-state index contributed by atoms with van der Waals surface area (Å²) in [5, 5.41) is 6.18. The van der Waals surface area contributed by atoms with E-state index in [0.717, 1.165) is 26.1 Å². The summed E-state index contributed by atoms with van der Waals surface area (Å²) in [6, 6.07) is 0. The van der Waals surface area contributed by atoms with Crippen LogP contribution >= 0.6 is 0 Å². The third-order valence-electron chi connectivity index (χ3n) is 3.82. The predicted octanol–water partition coefficient (Wildman–Crippen LogP) is 1.67. The standard InChI is InChI=1S/C14H26N2O3/c1-13(2,3)19-12(17)16-9-11-8-14(10-18-11)4-6-15-7-5-14/h11,15H,4-10H2,1-3H3,(H,16,17)/t11-/m1/s1. The molecule has 19 heavy (non-hydrogen) atoms. The summed E-state index contributed by atoms with van der Waals surface area (Å²) in [5.41, 5.74) is -0.109. The molecular formula is C14H26N2O3. The lowest BCUT2D eigenvalue weighted by Crippen LogP contribution is -2.38. The SMILES string of the molecule is CC(C)(C)OC(=O)NC[C@H]1CC2(CCNCC2)CO1. The lowest BCUT2D eigenvalue weighted by Gasteiger charge is -2.32. The van der Waals surface area contributed by atoms with Gasteiger partial charge in [0.15, 0.2) is 0 Å². The van der Waals surface area contributed by atoms with Crippen molar-refractivity contribution in [2.24, 2.45) is 5.41 Å². The maximum Gasteiger partial charge on any atom is 0.407 e. The van der Waals surface area contributed by atoms with E-state index in [-0.39, 0.29) is 12.2 Å². The number of carbonyl (C=O) groups excluding carboxylic acids is 1. The van der Waals surface area contributed by atoms with Crippen molar-refractivity contribution in [3.05, 3.63) is 0 Å². The first-order valence-corrected chi connectivity index (χ1v) is 7.18. The predicted molar refractivity (Wildman–Crippen MR) is 73.1 cm³/mol. The highest BCUT2D eigenvalue weighted by molar-refractivity contribution is 5.67. The summed E-state index contributed by atoms with van der Waals surface area (Å²) in [4.78, 5) is 11.6. The molecule has 0 aromatic rings. The Hall–Kier alpha value is -0.810. The highest BCUT2D eigenvalue weighted by Gasteiger charge is 2.40. The van der Waals surface area contributed by atoms with Gasteiger partial charge in [0.25, 0.3) is 0 Å². The van der Waals surface area contributed by atoms with Crippen LogP contribution in [0, 0.1) is 5.41 Å². The molecule has 1 spiro atoms. The van der Waals surface area contributed by atoms with Gasteiger partial charge in [0.05, 0.1) is 12.7 Å². The highest BCUT2D eigenvalue weighted by atomic mass is 16.6. The van der Waals surface area contributed by atoms with Gasteiger partial charge in [-0.3, -0.25) is 0 Å². The van der Waals surface area contributed by atoms with Crippen LogP contribution in [0.4, 0.5) is 4.79 Å². The van der Waals surface area contributed by atoms with Crippen molar-refractivity contribution in [2.75, 3.05) is 26.2 Å². The van der Waals surface area contributed by atoms with Gasteiger partial charge in [-0.1, -0.05) is 0 Å². The van der Waals surface area contributed by atoms with Gasteiger partial charge in [-0.15, -0.1) is 0 Å². The van der Waals surface area contributed by atoms with Gasteiger partial charge < -0.3 is 20.1 Å². The van der Waals surface area contributed by atoms with Crippen molar-refractivity contribution >= 4 is 6.09 Å². The van der Waals surface area contributed by atoms with Crippen molar-refractivity contribution < 1.29 is 14.3 Å². The average Bonchev–Trinajstić information content (AvgIpc) is 2.69. The van der Waals surface area contributed by atoms with Gasteiger partial charge in [0.1, 0.15) is 5.60 Å². The first-order valence-electron chi connectivity index (χ1n) is 7.18. The number of nitrogens with one attached hydrogen (secondary N) is 2. The molecule has 0 radical (unpaired) electrons. The minimum Gasteiger partial charge on any atom is -0.444 e. The summed E-state index contributed by atoms with van der Waals surface area (Å²) in [6.07, 6.45) is 3.17. The summed E-state index contributed by atoms with van der Waals surface area (Å²) in [6.45, 7) is 9.12. The van der Waals surface area contributed by atoms with Crippen LogP contribution in [0.2, 0.25) is 0 Å². The number of alkyl carbamates (subject to hydrolysis) is 1. The fraction of sp³-hybridized carbons (Fsp3) is 0.929. The Balaban J connectivity index is 1.72. The van der Waals surface area contributed by atoms with Crippen LogP contribution < -0.4 is 10.6 Å². The molecule has 0 aromatic carbocycles. The second-order valence-corrected chi connectivity index (χ2v) is 6.77. The van der Waals surface area contributed by atoms with E-state index in [9.17, 15) is 4.79 Å². The van der Waals surface area contributed by atoms with E-state index in [0.29, 0.717) is 12.0 Å². The second kappa shape index (κ2) is 5.67. The van der Waals surface area contributed by atoms with Gasteiger partial charge in [-0.05, 0) is 58.5 Å². The zero-order valence-corrected chi connectivity index (χ0v) is 12.3. The minimum absolute atomic E-state index is 0.130. The van der Waals surface area contributed by atoms with Crippen LogP contribution in [0.1, 0.15) is 40.0 Å². The lowest BCUT2D eigenvalue weighted by molar-refractivity contribution is 0.0459. The molecule has 2 N–H and O–H groups in total. The Morgan fingerprint density at radius 3 is 2.74 bits per heavy atom. The quantitative estimate of drug-likeness (QED) is 0.801.